The molecule has 0 radical (unpaired) electrons. The van der Waals surface area contributed by atoms with E-state index < -0.39 is 0 Å². The Morgan fingerprint density at radius 3 is 2.58 bits per heavy atom. The fraction of sp³-hybridized carbons (Fsp3) is 0.333. The summed E-state index contributed by atoms with van der Waals surface area (Å²) in [6.45, 7) is 6.48. The van der Waals surface area contributed by atoms with Crippen LogP contribution < -0.4 is 10.2 Å². The molecule has 1 aliphatic rings. The Labute approximate surface area is 162 Å². The van der Waals surface area contributed by atoms with Crippen molar-refractivity contribution in [3.63, 3.8) is 0 Å². The Morgan fingerprint density at radius 1 is 1.23 bits per heavy atom. The number of halogens is 1. The van der Waals surface area contributed by atoms with Gasteiger partial charge in [0, 0.05) is 28.8 Å². The van der Waals surface area contributed by atoms with Crippen molar-refractivity contribution in [3.05, 3.63) is 57.6 Å². The first-order valence-corrected chi connectivity index (χ1v) is 9.66. The monoisotopic (exact) mass is 414 g/mol. The van der Waals surface area contributed by atoms with Gasteiger partial charge in [-0.05, 0) is 55.2 Å². The molecule has 0 aliphatic carbocycles. The summed E-state index contributed by atoms with van der Waals surface area (Å²) in [7, 11) is 0. The minimum absolute atomic E-state index is 0.00840. The number of carbonyl (C=O) groups is 2. The van der Waals surface area contributed by atoms with E-state index in [1.807, 2.05) is 50.2 Å². The van der Waals surface area contributed by atoms with Crippen LogP contribution in [0.2, 0.25) is 0 Å². The molecule has 1 aliphatic heterocycles. The highest BCUT2D eigenvalue weighted by atomic mass is 79.9. The molecule has 5 heteroatoms. The van der Waals surface area contributed by atoms with Crippen LogP contribution in [-0.4, -0.2) is 18.4 Å². The second-order valence-electron chi connectivity index (χ2n) is 6.79. The predicted octanol–water partition coefficient (Wildman–Crippen LogP) is 4.62. The summed E-state index contributed by atoms with van der Waals surface area (Å²) in [5.41, 5.74) is 4.94. The average Bonchev–Trinajstić information content (AvgIpc) is 2.98. The summed E-state index contributed by atoms with van der Waals surface area (Å²) in [6.07, 6.45) is 1.07. The minimum atomic E-state index is -0.338. The van der Waals surface area contributed by atoms with E-state index in [0.29, 0.717) is 6.54 Å². The van der Waals surface area contributed by atoms with Gasteiger partial charge in [-0.2, -0.15) is 0 Å². The Kier molecular flexibility index (Phi) is 5.47. The van der Waals surface area contributed by atoms with Crippen molar-refractivity contribution in [2.45, 2.75) is 33.6 Å². The molecule has 0 aromatic heterocycles. The standard InChI is InChI=1S/C21H23BrN2O2/c1-4-15-10-17(22)8-9-18(15)23-21(26)16-11-19(25)24(12-16)20-13(2)6-5-7-14(20)3/h5-10,16H,4,11-12H2,1-3H3,(H,23,26)/t16-/m0/s1. The molecule has 0 unspecified atom stereocenters. The van der Waals surface area contributed by atoms with Crippen molar-refractivity contribution in [3.8, 4) is 0 Å². The first-order chi connectivity index (χ1) is 12.4. The van der Waals surface area contributed by atoms with E-state index in [-0.39, 0.29) is 24.2 Å². The number of hydrogen-bond acceptors (Lipinski definition) is 2. The molecular formula is C21H23BrN2O2. The van der Waals surface area contributed by atoms with E-state index in [9.17, 15) is 9.59 Å². The second kappa shape index (κ2) is 7.62. The molecule has 2 aromatic carbocycles. The molecule has 1 N–H and O–H groups in total. The topological polar surface area (TPSA) is 49.4 Å². The van der Waals surface area contributed by atoms with E-state index >= 15 is 0 Å². The lowest BCUT2D eigenvalue weighted by Crippen LogP contribution is -2.29. The lowest BCUT2D eigenvalue weighted by molar-refractivity contribution is -0.122. The zero-order chi connectivity index (χ0) is 18.8. The Hall–Kier alpha value is -2.14. The van der Waals surface area contributed by atoms with E-state index in [4.69, 9.17) is 0 Å². The molecular weight excluding hydrogens is 392 g/mol. The van der Waals surface area contributed by atoms with Crippen LogP contribution in [0.5, 0.6) is 0 Å². The van der Waals surface area contributed by atoms with Gasteiger partial charge in [0.2, 0.25) is 11.8 Å². The largest absolute Gasteiger partial charge is 0.326 e. The molecule has 0 spiro atoms. The highest BCUT2D eigenvalue weighted by Crippen LogP contribution is 2.31. The van der Waals surface area contributed by atoms with E-state index in [1.54, 1.807) is 4.90 Å². The van der Waals surface area contributed by atoms with Gasteiger partial charge >= 0.3 is 0 Å². The maximum atomic E-state index is 12.8. The Bertz CT molecular complexity index is 843. The number of hydrogen-bond donors (Lipinski definition) is 1. The number of para-hydroxylation sites is 1. The third-order valence-electron chi connectivity index (χ3n) is 4.91. The maximum absolute atomic E-state index is 12.8. The van der Waals surface area contributed by atoms with Gasteiger partial charge in [-0.3, -0.25) is 9.59 Å². The van der Waals surface area contributed by atoms with Crippen LogP contribution in [-0.2, 0) is 16.0 Å². The third-order valence-corrected chi connectivity index (χ3v) is 5.40. The smallest absolute Gasteiger partial charge is 0.229 e. The van der Waals surface area contributed by atoms with Crippen LogP contribution in [0.1, 0.15) is 30.0 Å². The van der Waals surface area contributed by atoms with Crippen molar-refractivity contribution in [2.75, 3.05) is 16.8 Å². The summed E-state index contributed by atoms with van der Waals surface area (Å²) in [4.78, 5) is 27.1. The van der Waals surface area contributed by atoms with Gasteiger partial charge in [-0.1, -0.05) is 41.1 Å². The van der Waals surface area contributed by atoms with Crippen LogP contribution in [0.15, 0.2) is 40.9 Å². The molecule has 136 valence electrons. The van der Waals surface area contributed by atoms with Crippen LogP contribution in [0.3, 0.4) is 0 Å². The summed E-state index contributed by atoms with van der Waals surface area (Å²) in [5, 5.41) is 3.01. The number of amides is 2. The SMILES string of the molecule is CCc1cc(Br)ccc1NC(=O)[C@H]1CC(=O)N(c2c(C)cccc2C)C1. The average molecular weight is 415 g/mol. The third kappa shape index (κ3) is 3.68. The lowest BCUT2D eigenvalue weighted by Gasteiger charge is -2.21. The molecule has 1 heterocycles. The van der Waals surface area contributed by atoms with Crippen LogP contribution in [0.4, 0.5) is 11.4 Å². The highest BCUT2D eigenvalue weighted by molar-refractivity contribution is 9.10. The zero-order valence-electron chi connectivity index (χ0n) is 15.3. The van der Waals surface area contributed by atoms with E-state index in [2.05, 4.69) is 28.2 Å². The van der Waals surface area contributed by atoms with Crippen molar-refractivity contribution >= 4 is 39.1 Å². The molecule has 2 aromatic rings. The number of nitrogens with zero attached hydrogens (tertiary/aromatic N) is 1. The molecule has 26 heavy (non-hydrogen) atoms. The number of carbonyl (C=O) groups excluding carboxylic acids is 2. The van der Waals surface area contributed by atoms with Gasteiger partial charge < -0.3 is 10.2 Å². The summed E-state index contributed by atoms with van der Waals surface area (Å²) >= 11 is 3.46. The second-order valence-corrected chi connectivity index (χ2v) is 7.71. The van der Waals surface area contributed by atoms with Gasteiger partial charge in [-0.15, -0.1) is 0 Å². The maximum Gasteiger partial charge on any atom is 0.229 e. The predicted molar refractivity (Wildman–Crippen MR) is 109 cm³/mol. The fourth-order valence-electron chi connectivity index (χ4n) is 3.54. The molecule has 0 bridgehead atoms. The molecule has 1 saturated heterocycles. The lowest BCUT2D eigenvalue weighted by atomic mass is 10.1. The molecule has 1 atom stereocenters. The summed E-state index contributed by atoms with van der Waals surface area (Å²) in [5.74, 6) is -0.423. The quantitative estimate of drug-likeness (QED) is 0.792. The van der Waals surface area contributed by atoms with E-state index in [1.165, 1.54) is 0 Å². The fourth-order valence-corrected chi connectivity index (χ4v) is 3.95. The van der Waals surface area contributed by atoms with Crippen molar-refractivity contribution in [1.82, 2.24) is 0 Å². The first kappa shape index (κ1) is 18.6. The normalized spacial score (nSPS) is 16.8. The number of anilines is 2. The zero-order valence-corrected chi connectivity index (χ0v) is 16.9. The molecule has 4 nitrogen and oxygen atoms in total. The van der Waals surface area contributed by atoms with Gasteiger partial charge in [0.05, 0.1) is 5.92 Å². The molecule has 3 rings (SSSR count). The van der Waals surface area contributed by atoms with Crippen molar-refractivity contribution < 1.29 is 9.59 Å². The van der Waals surface area contributed by atoms with Gasteiger partial charge in [0.25, 0.3) is 0 Å². The number of benzene rings is 2. The highest BCUT2D eigenvalue weighted by Gasteiger charge is 2.36. The Balaban J connectivity index is 1.78. The first-order valence-electron chi connectivity index (χ1n) is 8.86. The Morgan fingerprint density at radius 2 is 1.92 bits per heavy atom. The van der Waals surface area contributed by atoms with Crippen LogP contribution >= 0.6 is 15.9 Å². The van der Waals surface area contributed by atoms with Gasteiger partial charge in [0.15, 0.2) is 0 Å². The number of rotatable bonds is 4. The number of aryl methyl sites for hydroxylation is 3. The summed E-state index contributed by atoms with van der Waals surface area (Å²) < 4.78 is 0.990. The van der Waals surface area contributed by atoms with Crippen LogP contribution in [0.25, 0.3) is 0 Å². The van der Waals surface area contributed by atoms with E-state index in [0.717, 1.165) is 39.0 Å². The van der Waals surface area contributed by atoms with Gasteiger partial charge in [-0.25, -0.2) is 0 Å². The minimum Gasteiger partial charge on any atom is -0.326 e. The summed E-state index contributed by atoms with van der Waals surface area (Å²) in [6, 6.07) is 11.8. The van der Waals surface area contributed by atoms with Crippen molar-refractivity contribution in [2.24, 2.45) is 5.92 Å². The molecule has 2 amide bonds. The molecule has 0 saturated carbocycles. The molecule has 1 fully saturated rings. The van der Waals surface area contributed by atoms with Crippen molar-refractivity contribution in [1.29, 1.82) is 0 Å². The number of nitrogens with one attached hydrogen (secondary N) is 1. The van der Waals surface area contributed by atoms with Gasteiger partial charge in [0.1, 0.15) is 0 Å². The van der Waals surface area contributed by atoms with Crippen LogP contribution in [0, 0.1) is 19.8 Å².